The first-order valence-corrected chi connectivity index (χ1v) is 10.4. The fraction of sp³-hybridized carbons (Fsp3) is 0.348. The highest BCUT2D eigenvalue weighted by atomic mass is 19.4. The van der Waals surface area contributed by atoms with E-state index in [0.29, 0.717) is 22.6 Å². The number of nitrogens with zero attached hydrogens (tertiary/aromatic N) is 1. The van der Waals surface area contributed by atoms with Crippen LogP contribution in [0.5, 0.6) is 11.5 Å². The van der Waals surface area contributed by atoms with Crippen molar-refractivity contribution in [2.24, 2.45) is 0 Å². The fourth-order valence-corrected chi connectivity index (χ4v) is 3.10. The van der Waals surface area contributed by atoms with Gasteiger partial charge in [0.1, 0.15) is 11.5 Å². The van der Waals surface area contributed by atoms with Gasteiger partial charge in [-0.25, -0.2) is 14.7 Å². The van der Waals surface area contributed by atoms with E-state index in [2.05, 4.69) is 15.2 Å². The quantitative estimate of drug-likeness (QED) is 0.467. The zero-order chi connectivity index (χ0) is 25.1. The molecule has 0 bridgehead atoms. The van der Waals surface area contributed by atoms with E-state index in [1.807, 2.05) is 0 Å². The Morgan fingerprint density at radius 1 is 1.12 bits per heavy atom. The summed E-state index contributed by atoms with van der Waals surface area (Å²) in [4.78, 5) is 26.2. The highest BCUT2D eigenvalue weighted by Gasteiger charge is 2.33. The van der Waals surface area contributed by atoms with Crippen molar-refractivity contribution in [1.82, 2.24) is 15.2 Å². The molecule has 0 amide bonds. The standard InChI is InChI=1S/C23H24F3N3O5/c1-5-32-20(30)22(3,4)34-17-11-10-16(12-13(17)2)33-18(19-27-21(31)29-28-19)14-6-8-15(9-7-14)23(24,25)26/h6-12,18H,5H2,1-4H3,(H2,27,28,29,31). The Hall–Kier alpha value is -3.76. The monoisotopic (exact) mass is 479 g/mol. The van der Waals surface area contributed by atoms with Gasteiger partial charge in [0.05, 0.1) is 12.2 Å². The predicted molar refractivity (Wildman–Crippen MR) is 116 cm³/mol. The third kappa shape index (κ3) is 5.77. The van der Waals surface area contributed by atoms with Crippen molar-refractivity contribution in [2.45, 2.75) is 45.6 Å². The van der Waals surface area contributed by atoms with Gasteiger partial charge < -0.3 is 14.2 Å². The lowest BCUT2D eigenvalue weighted by Gasteiger charge is -2.25. The summed E-state index contributed by atoms with van der Waals surface area (Å²) in [6, 6.07) is 9.18. The zero-order valence-electron chi connectivity index (χ0n) is 18.9. The van der Waals surface area contributed by atoms with Gasteiger partial charge in [-0.15, -0.1) is 0 Å². The minimum Gasteiger partial charge on any atom is -0.478 e. The number of carbonyl (C=O) groups is 1. The van der Waals surface area contributed by atoms with Crippen LogP contribution in [0.25, 0.3) is 0 Å². The highest BCUT2D eigenvalue weighted by molar-refractivity contribution is 5.79. The second-order valence-corrected chi connectivity index (χ2v) is 7.94. The summed E-state index contributed by atoms with van der Waals surface area (Å²) in [6.45, 7) is 6.84. The molecule has 8 nitrogen and oxygen atoms in total. The number of benzene rings is 2. The van der Waals surface area contributed by atoms with Crippen LogP contribution < -0.4 is 15.2 Å². The van der Waals surface area contributed by atoms with Crippen molar-refractivity contribution in [3.8, 4) is 11.5 Å². The van der Waals surface area contributed by atoms with Crippen LogP contribution >= 0.6 is 0 Å². The molecule has 1 atom stereocenters. The molecule has 1 aromatic heterocycles. The molecular weight excluding hydrogens is 455 g/mol. The largest absolute Gasteiger partial charge is 0.478 e. The molecule has 0 fully saturated rings. The number of esters is 1. The minimum absolute atomic E-state index is 0.0891. The molecule has 0 spiro atoms. The van der Waals surface area contributed by atoms with E-state index in [1.54, 1.807) is 45.9 Å². The summed E-state index contributed by atoms with van der Waals surface area (Å²) in [5.41, 5.74) is -1.64. The number of hydrogen-bond donors (Lipinski definition) is 2. The molecule has 34 heavy (non-hydrogen) atoms. The minimum atomic E-state index is -4.49. The van der Waals surface area contributed by atoms with Gasteiger partial charge >= 0.3 is 17.8 Å². The van der Waals surface area contributed by atoms with Gasteiger partial charge in [0.25, 0.3) is 0 Å². The Morgan fingerprint density at radius 3 is 2.32 bits per heavy atom. The molecule has 0 aliphatic carbocycles. The molecule has 0 saturated carbocycles. The number of nitrogens with one attached hydrogen (secondary N) is 2. The topological polar surface area (TPSA) is 106 Å². The van der Waals surface area contributed by atoms with Gasteiger partial charge in [0.2, 0.25) is 0 Å². The molecule has 3 rings (SSSR count). The first-order chi connectivity index (χ1) is 15.9. The van der Waals surface area contributed by atoms with E-state index >= 15 is 0 Å². The Bertz CT molecular complexity index is 1200. The summed E-state index contributed by atoms with van der Waals surface area (Å²) in [6.07, 6.45) is -5.48. The normalized spacial score (nSPS) is 12.8. The Kier molecular flexibility index (Phi) is 7.04. The summed E-state index contributed by atoms with van der Waals surface area (Å²) in [5.74, 6) is 0.336. The van der Waals surface area contributed by atoms with E-state index in [0.717, 1.165) is 12.1 Å². The average molecular weight is 479 g/mol. The zero-order valence-corrected chi connectivity index (χ0v) is 18.9. The number of aromatic nitrogens is 3. The molecule has 11 heteroatoms. The summed E-state index contributed by atoms with van der Waals surface area (Å²) < 4.78 is 55.7. The molecule has 3 aromatic rings. The average Bonchev–Trinajstić information content (AvgIpc) is 3.19. The molecular formula is C23H24F3N3O5. The molecule has 0 aliphatic rings. The smallest absolute Gasteiger partial charge is 0.416 e. The number of hydrogen-bond acceptors (Lipinski definition) is 6. The van der Waals surface area contributed by atoms with Crippen molar-refractivity contribution in [3.63, 3.8) is 0 Å². The SMILES string of the molecule is CCOC(=O)C(C)(C)Oc1ccc(OC(c2ccc(C(F)(F)F)cc2)c2n[nH]c(=O)[nH]2)cc1C. The molecule has 2 aromatic carbocycles. The Balaban J connectivity index is 1.88. The maximum absolute atomic E-state index is 12.9. The van der Waals surface area contributed by atoms with Crippen LogP contribution in [0.15, 0.2) is 47.3 Å². The molecule has 1 unspecified atom stereocenters. The maximum atomic E-state index is 12.9. The number of carbonyl (C=O) groups excluding carboxylic acids is 1. The van der Waals surface area contributed by atoms with Crippen LogP contribution in [0.3, 0.4) is 0 Å². The first-order valence-electron chi connectivity index (χ1n) is 10.4. The van der Waals surface area contributed by atoms with Crippen LogP contribution in [0.4, 0.5) is 13.2 Å². The molecule has 0 radical (unpaired) electrons. The van der Waals surface area contributed by atoms with Crippen molar-refractivity contribution in [1.29, 1.82) is 0 Å². The third-order valence-corrected chi connectivity index (χ3v) is 4.84. The van der Waals surface area contributed by atoms with E-state index in [4.69, 9.17) is 14.2 Å². The number of H-pyrrole nitrogens is 2. The number of aromatic amines is 2. The lowest BCUT2D eigenvalue weighted by atomic mass is 10.1. The molecule has 2 N–H and O–H groups in total. The molecule has 1 heterocycles. The van der Waals surface area contributed by atoms with Gasteiger partial charge in [-0.05, 0) is 63.6 Å². The number of rotatable bonds is 8. The Morgan fingerprint density at radius 2 is 1.79 bits per heavy atom. The lowest BCUT2D eigenvalue weighted by molar-refractivity contribution is -0.158. The van der Waals surface area contributed by atoms with Crippen LogP contribution in [0.1, 0.15) is 49.4 Å². The van der Waals surface area contributed by atoms with Gasteiger partial charge in [-0.1, -0.05) is 12.1 Å². The molecule has 0 aliphatic heterocycles. The summed E-state index contributed by atoms with van der Waals surface area (Å²) >= 11 is 0. The van der Waals surface area contributed by atoms with Crippen LogP contribution in [0, 0.1) is 6.92 Å². The lowest BCUT2D eigenvalue weighted by Crippen LogP contribution is -2.39. The summed E-state index contributed by atoms with van der Waals surface area (Å²) in [5, 5.41) is 6.09. The summed E-state index contributed by atoms with van der Waals surface area (Å²) in [7, 11) is 0. The molecule has 0 saturated heterocycles. The van der Waals surface area contributed by atoms with E-state index in [9.17, 15) is 22.8 Å². The first kappa shape index (κ1) is 24.9. The van der Waals surface area contributed by atoms with Crippen LogP contribution in [-0.2, 0) is 15.7 Å². The predicted octanol–water partition coefficient (Wildman–Crippen LogP) is 4.31. The van der Waals surface area contributed by atoms with Crippen molar-refractivity contribution in [3.05, 3.63) is 75.5 Å². The second kappa shape index (κ2) is 9.62. The third-order valence-electron chi connectivity index (χ3n) is 4.84. The molecule has 182 valence electrons. The van der Waals surface area contributed by atoms with Gasteiger partial charge in [0, 0.05) is 5.56 Å². The van der Waals surface area contributed by atoms with Crippen molar-refractivity contribution >= 4 is 5.97 Å². The van der Waals surface area contributed by atoms with E-state index < -0.39 is 35.1 Å². The van der Waals surface area contributed by atoms with E-state index in [-0.39, 0.29) is 12.4 Å². The number of alkyl halides is 3. The maximum Gasteiger partial charge on any atom is 0.416 e. The van der Waals surface area contributed by atoms with Crippen LogP contribution in [-0.4, -0.2) is 33.4 Å². The Labute approximate surface area is 193 Å². The van der Waals surface area contributed by atoms with Crippen LogP contribution in [0.2, 0.25) is 0 Å². The van der Waals surface area contributed by atoms with Crippen molar-refractivity contribution < 1.29 is 32.2 Å². The number of aryl methyl sites for hydroxylation is 1. The second-order valence-electron chi connectivity index (χ2n) is 7.94. The van der Waals surface area contributed by atoms with Gasteiger partial charge in [0.15, 0.2) is 17.5 Å². The highest BCUT2D eigenvalue weighted by Crippen LogP contribution is 2.33. The number of ether oxygens (including phenoxy) is 3. The van der Waals surface area contributed by atoms with Gasteiger partial charge in [-0.2, -0.15) is 18.3 Å². The van der Waals surface area contributed by atoms with Crippen molar-refractivity contribution in [2.75, 3.05) is 6.61 Å². The fourth-order valence-electron chi connectivity index (χ4n) is 3.10. The van der Waals surface area contributed by atoms with Gasteiger partial charge in [-0.3, -0.25) is 4.98 Å². The van der Waals surface area contributed by atoms with E-state index in [1.165, 1.54) is 12.1 Å². The number of halogens is 3.